The zero-order chi connectivity index (χ0) is 12.3. The summed E-state index contributed by atoms with van der Waals surface area (Å²) in [5.41, 5.74) is 5.39. The number of aryl methyl sites for hydroxylation is 1. The Morgan fingerprint density at radius 1 is 1.53 bits per heavy atom. The highest BCUT2D eigenvalue weighted by Crippen LogP contribution is 2.37. The summed E-state index contributed by atoms with van der Waals surface area (Å²) in [5, 5.41) is 0. The van der Waals surface area contributed by atoms with E-state index in [1.807, 2.05) is 17.8 Å². The monoisotopic (exact) mass is 252 g/mol. The molecule has 1 heterocycles. The molecule has 0 aliphatic carbocycles. The molecule has 1 aliphatic rings. The fraction of sp³-hybridized carbons (Fsp3) is 0.538. The molecule has 3 nitrogen and oxygen atoms in total. The quantitative estimate of drug-likeness (QED) is 0.637. The van der Waals surface area contributed by atoms with Crippen LogP contribution in [0.2, 0.25) is 0 Å². The molecule has 0 saturated carbocycles. The van der Waals surface area contributed by atoms with Crippen molar-refractivity contribution in [1.82, 2.24) is 5.43 Å². The second kappa shape index (κ2) is 5.76. The Morgan fingerprint density at radius 2 is 2.35 bits per heavy atom. The largest absolute Gasteiger partial charge is 0.496 e. The molecule has 17 heavy (non-hydrogen) atoms. The molecular weight excluding hydrogens is 232 g/mol. The topological polar surface area (TPSA) is 47.3 Å². The Morgan fingerprint density at radius 3 is 2.94 bits per heavy atom. The van der Waals surface area contributed by atoms with Gasteiger partial charge in [0.1, 0.15) is 5.75 Å². The number of thioether (sulfide) groups is 1. The maximum absolute atomic E-state index is 5.74. The van der Waals surface area contributed by atoms with Gasteiger partial charge >= 0.3 is 0 Å². The minimum absolute atomic E-state index is 0.194. The van der Waals surface area contributed by atoms with Crippen LogP contribution in [-0.4, -0.2) is 18.6 Å². The van der Waals surface area contributed by atoms with Crippen LogP contribution in [0.15, 0.2) is 18.2 Å². The van der Waals surface area contributed by atoms with Gasteiger partial charge in [0.15, 0.2) is 0 Å². The highest BCUT2D eigenvalue weighted by atomic mass is 32.2. The normalized spacial score (nSPS) is 21.5. The maximum Gasteiger partial charge on any atom is 0.123 e. The van der Waals surface area contributed by atoms with Crippen LogP contribution in [0.1, 0.15) is 23.6 Å². The summed E-state index contributed by atoms with van der Waals surface area (Å²) in [4.78, 5) is 0. The summed E-state index contributed by atoms with van der Waals surface area (Å²) in [6.07, 6.45) is 1.22. The van der Waals surface area contributed by atoms with Gasteiger partial charge in [0.2, 0.25) is 0 Å². The molecule has 94 valence electrons. The average Bonchev–Trinajstić information content (AvgIpc) is 2.84. The lowest BCUT2D eigenvalue weighted by Crippen LogP contribution is -2.34. The standard InChI is InChI=1S/C13H20N2OS/c1-9-3-4-12(16-2)11(7-9)13(15-14)10-5-6-17-8-10/h3-4,7,10,13,15H,5-6,8,14H2,1-2H3. The van der Waals surface area contributed by atoms with E-state index in [0.29, 0.717) is 5.92 Å². The third-order valence-electron chi connectivity index (χ3n) is 3.34. The molecule has 0 aromatic heterocycles. The molecule has 0 spiro atoms. The summed E-state index contributed by atoms with van der Waals surface area (Å²) in [6, 6.07) is 6.46. The number of rotatable bonds is 4. The highest BCUT2D eigenvalue weighted by Gasteiger charge is 2.27. The predicted molar refractivity (Wildman–Crippen MR) is 73.2 cm³/mol. The molecule has 1 aromatic rings. The molecule has 3 N–H and O–H groups in total. The Hall–Kier alpha value is -0.710. The van der Waals surface area contributed by atoms with Crippen molar-refractivity contribution in [3.05, 3.63) is 29.3 Å². The number of hydrogen-bond donors (Lipinski definition) is 2. The fourth-order valence-electron chi connectivity index (χ4n) is 2.39. The van der Waals surface area contributed by atoms with Crippen molar-refractivity contribution in [3.63, 3.8) is 0 Å². The smallest absolute Gasteiger partial charge is 0.123 e. The second-order valence-corrected chi connectivity index (χ2v) is 5.66. The summed E-state index contributed by atoms with van der Waals surface area (Å²) < 4.78 is 5.44. The third-order valence-corrected chi connectivity index (χ3v) is 4.52. The van der Waals surface area contributed by atoms with Crippen molar-refractivity contribution in [3.8, 4) is 5.75 Å². The van der Waals surface area contributed by atoms with Crippen LogP contribution < -0.4 is 16.0 Å². The minimum Gasteiger partial charge on any atom is -0.496 e. The van der Waals surface area contributed by atoms with E-state index in [1.54, 1.807) is 7.11 Å². The number of nitrogens with two attached hydrogens (primary N) is 1. The predicted octanol–water partition coefficient (Wildman–Crippen LogP) is 2.26. The molecule has 4 heteroatoms. The minimum atomic E-state index is 0.194. The summed E-state index contributed by atoms with van der Waals surface area (Å²) >= 11 is 2.00. The van der Waals surface area contributed by atoms with E-state index in [-0.39, 0.29) is 6.04 Å². The number of nitrogens with one attached hydrogen (secondary N) is 1. The van der Waals surface area contributed by atoms with Crippen molar-refractivity contribution in [2.75, 3.05) is 18.6 Å². The van der Waals surface area contributed by atoms with Crippen molar-refractivity contribution in [2.45, 2.75) is 19.4 Å². The average molecular weight is 252 g/mol. The van der Waals surface area contributed by atoms with E-state index in [2.05, 4.69) is 24.5 Å². The molecule has 1 aliphatic heterocycles. The van der Waals surface area contributed by atoms with Crippen molar-refractivity contribution < 1.29 is 4.74 Å². The Bertz CT molecular complexity index is 378. The zero-order valence-corrected chi connectivity index (χ0v) is 11.2. The van der Waals surface area contributed by atoms with E-state index in [0.717, 1.165) is 5.75 Å². The van der Waals surface area contributed by atoms with Crippen LogP contribution in [0.25, 0.3) is 0 Å². The second-order valence-electron chi connectivity index (χ2n) is 4.51. The summed E-state index contributed by atoms with van der Waals surface area (Å²) in [7, 11) is 1.71. The molecule has 0 bridgehead atoms. The van der Waals surface area contributed by atoms with Crippen LogP contribution in [0.4, 0.5) is 0 Å². The van der Waals surface area contributed by atoms with E-state index < -0.39 is 0 Å². The SMILES string of the molecule is COc1ccc(C)cc1C(NN)C1CCSC1. The van der Waals surface area contributed by atoms with Gasteiger partial charge in [0.25, 0.3) is 0 Å². The van der Waals surface area contributed by atoms with Crippen LogP contribution in [0, 0.1) is 12.8 Å². The zero-order valence-electron chi connectivity index (χ0n) is 10.4. The van der Waals surface area contributed by atoms with Crippen LogP contribution in [-0.2, 0) is 0 Å². The first kappa shape index (κ1) is 12.7. The lowest BCUT2D eigenvalue weighted by Gasteiger charge is -2.24. The van der Waals surface area contributed by atoms with Crippen LogP contribution in [0.3, 0.4) is 0 Å². The van der Waals surface area contributed by atoms with Crippen LogP contribution >= 0.6 is 11.8 Å². The lowest BCUT2D eigenvalue weighted by atomic mass is 9.91. The van der Waals surface area contributed by atoms with E-state index in [4.69, 9.17) is 10.6 Å². The lowest BCUT2D eigenvalue weighted by molar-refractivity contribution is 0.364. The molecule has 2 rings (SSSR count). The van der Waals surface area contributed by atoms with E-state index in [1.165, 1.54) is 29.1 Å². The van der Waals surface area contributed by atoms with Gasteiger partial charge in [0.05, 0.1) is 13.2 Å². The molecule has 2 unspecified atom stereocenters. The molecule has 0 amide bonds. The molecule has 0 radical (unpaired) electrons. The fourth-order valence-corrected chi connectivity index (χ4v) is 3.69. The number of ether oxygens (including phenoxy) is 1. The van der Waals surface area contributed by atoms with Gasteiger partial charge in [-0.25, -0.2) is 0 Å². The highest BCUT2D eigenvalue weighted by molar-refractivity contribution is 7.99. The maximum atomic E-state index is 5.74. The summed E-state index contributed by atoms with van der Waals surface area (Å²) in [6.45, 7) is 2.10. The molecule has 1 saturated heterocycles. The Labute approximate surface area is 107 Å². The molecule has 2 atom stereocenters. The van der Waals surface area contributed by atoms with Crippen molar-refractivity contribution >= 4 is 11.8 Å². The van der Waals surface area contributed by atoms with Gasteiger partial charge in [0, 0.05) is 5.56 Å². The number of hydrazine groups is 1. The van der Waals surface area contributed by atoms with Crippen molar-refractivity contribution in [1.29, 1.82) is 0 Å². The van der Waals surface area contributed by atoms with E-state index >= 15 is 0 Å². The van der Waals surface area contributed by atoms with Crippen molar-refractivity contribution in [2.24, 2.45) is 11.8 Å². The number of hydrogen-bond acceptors (Lipinski definition) is 4. The summed E-state index contributed by atoms with van der Waals surface area (Å²) in [5.74, 6) is 9.67. The van der Waals surface area contributed by atoms with Gasteiger partial charge in [-0.15, -0.1) is 0 Å². The number of methoxy groups -OCH3 is 1. The van der Waals surface area contributed by atoms with E-state index in [9.17, 15) is 0 Å². The first-order chi connectivity index (χ1) is 8.26. The molecule has 1 aromatic carbocycles. The molecular formula is C13H20N2OS. The van der Waals surface area contributed by atoms with Gasteiger partial charge < -0.3 is 4.74 Å². The van der Waals surface area contributed by atoms with Gasteiger partial charge in [-0.2, -0.15) is 11.8 Å². The Kier molecular flexibility index (Phi) is 4.31. The third kappa shape index (κ3) is 2.76. The van der Waals surface area contributed by atoms with Gasteiger partial charge in [-0.05, 0) is 36.8 Å². The van der Waals surface area contributed by atoms with Gasteiger partial charge in [-0.3, -0.25) is 11.3 Å². The number of benzene rings is 1. The van der Waals surface area contributed by atoms with Gasteiger partial charge in [-0.1, -0.05) is 17.7 Å². The molecule has 1 fully saturated rings. The Balaban J connectivity index is 2.31. The van der Waals surface area contributed by atoms with Crippen LogP contribution in [0.5, 0.6) is 5.75 Å². The first-order valence-corrected chi connectivity index (χ1v) is 7.10. The first-order valence-electron chi connectivity index (χ1n) is 5.94.